The van der Waals surface area contributed by atoms with E-state index in [4.69, 9.17) is 0 Å². The summed E-state index contributed by atoms with van der Waals surface area (Å²) < 4.78 is 13.7. The topological polar surface area (TPSA) is 60.9 Å². The van der Waals surface area contributed by atoms with Crippen molar-refractivity contribution in [3.63, 3.8) is 0 Å². The number of carbonyl (C=O) groups is 3. The molecular formula is C17H22FN3O3. The third-order valence-corrected chi connectivity index (χ3v) is 4.16. The molecule has 1 saturated heterocycles. The van der Waals surface area contributed by atoms with Crippen molar-refractivity contribution >= 4 is 17.7 Å². The average molecular weight is 335 g/mol. The van der Waals surface area contributed by atoms with E-state index in [1.165, 1.54) is 27.7 Å². The molecule has 1 unspecified atom stereocenters. The Morgan fingerprint density at radius 2 is 1.88 bits per heavy atom. The van der Waals surface area contributed by atoms with Crippen molar-refractivity contribution in [1.29, 1.82) is 0 Å². The number of likely N-dealkylation sites (N-methyl/N-ethyl adjacent to an activating group) is 1. The first-order valence-electron chi connectivity index (χ1n) is 7.80. The summed E-state index contributed by atoms with van der Waals surface area (Å²) in [5, 5.41) is 0. The highest BCUT2D eigenvalue weighted by atomic mass is 19.1. The monoisotopic (exact) mass is 335 g/mol. The van der Waals surface area contributed by atoms with Crippen LogP contribution in [-0.4, -0.2) is 72.2 Å². The molecule has 130 valence electrons. The molecule has 1 atom stereocenters. The number of carbonyl (C=O) groups excluding carboxylic acids is 3. The standard InChI is InChI=1S/C17H22FN3O3/c1-12(22)21-9-8-20(11-15(21)17(24)19(2)3)16(23)10-13-6-4-5-7-14(13)18/h4-7,15H,8-11H2,1-3H3. The van der Waals surface area contributed by atoms with E-state index in [1.807, 2.05) is 0 Å². The van der Waals surface area contributed by atoms with Gasteiger partial charge >= 0.3 is 0 Å². The number of hydrogen-bond donors (Lipinski definition) is 0. The molecule has 0 N–H and O–H groups in total. The van der Waals surface area contributed by atoms with Crippen molar-refractivity contribution in [3.8, 4) is 0 Å². The predicted molar refractivity (Wildman–Crippen MR) is 86.6 cm³/mol. The maximum atomic E-state index is 13.7. The molecule has 7 heteroatoms. The second kappa shape index (κ2) is 7.42. The lowest BCUT2D eigenvalue weighted by Crippen LogP contribution is -2.61. The normalized spacial score (nSPS) is 17.6. The summed E-state index contributed by atoms with van der Waals surface area (Å²) in [6.07, 6.45) is -0.0599. The molecule has 1 heterocycles. The molecule has 24 heavy (non-hydrogen) atoms. The molecule has 0 aliphatic carbocycles. The van der Waals surface area contributed by atoms with Crippen LogP contribution in [0.4, 0.5) is 4.39 Å². The van der Waals surface area contributed by atoms with E-state index in [0.717, 1.165) is 0 Å². The van der Waals surface area contributed by atoms with Gasteiger partial charge in [0.1, 0.15) is 11.9 Å². The second-order valence-corrected chi connectivity index (χ2v) is 6.07. The molecule has 0 radical (unpaired) electrons. The maximum absolute atomic E-state index is 13.7. The van der Waals surface area contributed by atoms with Gasteiger partial charge in [-0.1, -0.05) is 18.2 Å². The number of amides is 3. The Kier molecular flexibility index (Phi) is 5.54. The zero-order valence-corrected chi connectivity index (χ0v) is 14.2. The highest BCUT2D eigenvalue weighted by Crippen LogP contribution is 2.15. The van der Waals surface area contributed by atoms with Crippen LogP contribution in [0, 0.1) is 5.82 Å². The number of hydrogen-bond acceptors (Lipinski definition) is 3. The summed E-state index contributed by atoms with van der Waals surface area (Å²) in [4.78, 5) is 41.0. The van der Waals surface area contributed by atoms with Crippen LogP contribution in [0.3, 0.4) is 0 Å². The first kappa shape index (κ1) is 17.9. The summed E-state index contributed by atoms with van der Waals surface area (Å²) in [5.41, 5.74) is 0.326. The SMILES string of the molecule is CC(=O)N1CCN(C(=O)Cc2ccccc2F)CC1C(=O)N(C)C. The largest absolute Gasteiger partial charge is 0.347 e. The third-order valence-electron chi connectivity index (χ3n) is 4.16. The van der Waals surface area contributed by atoms with Gasteiger partial charge in [-0.15, -0.1) is 0 Å². The molecule has 6 nitrogen and oxygen atoms in total. The quantitative estimate of drug-likeness (QED) is 0.809. The summed E-state index contributed by atoms with van der Waals surface area (Å²) in [6.45, 7) is 2.17. The summed E-state index contributed by atoms with van der Waals surface area (Å²) in [6, 6.07) is 5.44. The van der Waals surface area contributed by atoms with E-state index >= 15 is 0 Å². The minimum absolute atomic E-state index is 0.0599. The zero-order valence-electron chi connectivity index (χ0n) is 14.2. The molecule has 1 aliphatic rings. The zero-order chi connectivity index (χ0) is 17.9. The number of rotatable bonds is 3. The molecule has 1 aromatic carbocycles. The minimum atomic E-state index is -0.698. The molecule has 3 amide bonds. The first-order chi connectivity index (χ1) is 11.3. The molecular weight excluding hydrogens is 313 g/mol. The van der Waals surface area contributed by atoms with Gasteiger partial charge in [0.2, 0.25) is 17.7 Å². The molecule has 0 saturated carbocycles. The van der Waals surface area contributed by atoms with Crippen molar-refractivity contribution in [2.45, 2.75) is 19.4 Å². The van der Waals surface area contributed by atoms with Crippen LogP contribution in [0.1, 0.15) is 12.5 Å². The van der Waals surface area contributed by atoms with Gasteiger partial charge in [-0.05, 0) is 11.6 Å². The fourth-order valence-electron chi connectivity index (χ4n) is 2.81. The first-order valence-corrected chi connectivity index (χ1v) is 7.80. The second-order valence-electron chi connectivity index (χ2n) is 6.07. The van der Waals surface area contributed by atoms with Gasteiger partial charge in [-0.2, -0.15) is 0 Å². The van der Waals surface area contributed by atoms with Crippen LogP contribution in [0.2, 0.25) is 0 Å². The van der Waals surface area contributed by atoms with Crippen molar-refractivity contribution in [2.24, 2.45) is 0 Å². The average Bonchev–Trinajstić information content (AvgIpc) is 2.55. The van der Waals surface area contributed by atoms with E-state index in [1.54, 1.807) is 32.3 Å². The van der Waals surface area contributed by atoms with E-state index in [9.17, 15) is 18.8 Å². The van der Waals surface area contributed by atoms with Crippen LogP contribution in [-0.2, 0) is 20.8 Å². The van der Waals surface area contributed by atoms with E-state index in [-0.39, 0.29) is 30.7 Å². The molecule has 2 rings (SSSR count). The molecule has 0 bridgehead atoms. The Balaban J connectivity index is 2.12. The van der Waals surface area contributed by atoms with Gasteiger partial charge < -0.3 is 14.7 Å². The molecule has 0 aromatic heterocycles. The number of benzene rings is 1. The predicted octanol–water partition coefficient (Wildman–Crippen LogP) is 0.516. The fourth-order valence-corrected chi connectivity index (χ4v) is 2.81. The maximum Gasteiger partial charge on any atom is 0.246 e. The van der Waals surface area contributed by atoms with Gasteiger partial charge in [0.25, 0.3) is 0 Å². The van der Waals surface area contributed by atoms with E-state index in [2.05, 4.69) is 0 Å². The summed E-state index contributed by atoms with van der Waals surface area (Å²) in [5.74, 6) is -1.10. The number of nitrogens with zero attached hydrogens (tertiary/aromatic N) is 3. The highest BCUT2D eigenvalue weighted by Gasteiger charge is 2.36. The van der Waals surface area contributed by atoms with Gasteiger partial charge in [-0.3, -0.25) is 14.4 Å². The summed E-state index contributed by atoms with van der Waals surface area (Å²) in [7, 11) is 3.22. The van der Waals surface area contributed by atoms with Crippen molar-refractivity contribution in [3.05, 3.63) is 35.6 Å². The van der Waals surface area contributed by atoms with Crippen LogP contribution >= 0.6 is 0 Å². The van der Waals surface area contributed by atoms with Crippen molar-refractivity contribution in [2.75, 3.05) is 33.7 Å². The number of piperazine rings is 1. The van der Waals surface area contributed by atoms with Crippen LogP contribution in [0.5, 0.6) is 0 Å². The summed E-state index contributed by atoms with van der Waals surface area (Å²) >= 11 is 0. The van der Waals surface area contributed by atoms with Crippen molar-refractivity contribution < 1.29 is 18.8 Å². The van der Waals surface area contributed by atoms with Crippen LogP contribution < -0.4 is 0 Å². The van der Waals surface area contributed by atoms with Crippen molar-refractivity contribution in [1.82, 2.24) is 14.7 Å². The molecule has 1 aromatic rings. The van der Waals surface area contributed by atoms with Gasteiger partial charge in [0.15, 0.2) is 0 Å². The molecule has 0 spiro atoms. The Morgan fingerprint density at radius 3 is 2.46 bits per heavy atom. The minimum Gasteiger partial charge on any atom is -0.347 e. The lowest BCUT2D eigenvalue weighted by atomic mass is 10.1. The van der Waals surface area contributed by atoms with Crippen LogP contribution in [0.25, 0.3) is 0 Å². The Morgan fingerprint density at radius 1 is 1.21 bits per heavy atom. The lowest BCUT2D eigenvalue weighted by Gasteiger charge is -2.41. The van der Waals surface area contributed by atoms with E-state index < -0.39 is 11.9 Å². The number of halogens is 1. The van der Waals surface area contributed by atoms with Gasteiger partial charge in [0.05, 0.1) is 13.0 Å². The molecule has 1 fully saturated rings. The van der Waals surface area contributed by atoms with Gasteiger partial charge in [-0.25, -0.2) is 4.39 Å². The Labute approximate surface area is 140 Å². The van der Waals surface area contributed by atoms with E-state index in [0.29, 0.717) is 18.7 Å². The molecule has 1 aliphatic heterocycles. The van der Waals surface area contributed by atoms with Gasteiger partial charge in [0, 0.05) is 34.1 Å². The Hall–Kier alpha value is -2.44. The van der Waals surface area contributed by atoms with Crippen LogP contribution in [0.15, 0.2) is 24.3 Å². The lowest BCUT2D eigenvalue weighted by molar-refractivity contribution is -0.150. The smallest absolute Gasteiger partial charge is 0.246 e. The third kappa shape index (κ3) is 3.90. The highest BCUT2D eigenvalue weighted by molar-refractivity contribution is 5.88. The Bertz CT molecular complexity index is 648. The fraction of sp³-hybridized carbons (Fsp3) is 0.471.